The molecule has 0 saturated carbocycles. The molecule has 1 fully saturated rings. The molecular weight excluding hydrogens is 426 g/mol. The molecule has 0 bridgehead atoms. The van der Waals surface area contributed by atoms with E-state index in [1.807, 2.05) is 4.90 Å². The average Bonchev–Trinajstić information content (AvgIpc) is 3.21. The predicted molar refractivity (Wildman–Crippen MR) is 112 cm³/mol. The number of nitrogens with one attached hydrogen (secondary N) is 2. The lowest BCUT2D eigenvalue weighted by molar-refractivity contribution is -0.117. The van der Waals surface area contributed by atoms with Gasteiger partial charge >= 0.3 is 0 Å². The lowest BCUT2D eigenvalue weighted by atomic mass is 10.2. The van der Waals surface area contributed by atoms with Crippen LogP contribution in [0, 0.1) is 0 Å². The molecule has 3 rings (SSSR count). The first-order valence-corrected chi connectivity index (χ1v) is 10.9. The summed E-state index contributed by atoms with van der Waals surface area (Å²) in [5.74, 6) is -1.49. The van der Waals surface area contributed by atoms with Gasteiger partial charge in [0.15, 0.2) is 5.76 Å². The van der Waals surface area contributed by atoms with Crippen molar-refractivity contribution in [2.24, 2.45) is 5.73 Å². The molecule has 0 unspecified atom stereocenters. The summed E-state index contributed by atoms with van der Waals surface area (Å²) in [5, 5.41) is 5.07. The minimum atomic E-state index is -3.89. The Balaban J connectivity index is 1.50. The van der Waals surface area contributed by atoms with Gasteiger partial charge in [0.05, 0.1) is 6.54 Å². The van der Waals surface area contributed by atoms with E-state index in [2.05, 4.69) is 10.6 Å². The first-order valence-electron chi connectivity index (χ1n) is 9.45. The van der Waals surface area contributed by atoms with Crippen molar-refractivity contribution in [1.82, 2.24) is 9.21 Å². The molecule has 0 aliphatic carbocycles. The lowest BCUT2D eigenvalue weighted by Crippen LogP contribution is -2.50. The molecule has 1 aromatic heterocycles. The highest BCUT2D eigenvalue weighted by Gasteiger charge is 2.31. The van der Waals surface area contributed by atoms with Gasteiger partial charge in [0.1, 0.15) is 0 Å². The van der Waals surface area contributed by atoms with Crippen LogP contribution < -0.4 is 16.4 Å². The molecule has 1 aromatic carbocycles. The maximum atomic E-state index is 12.6. The van der Waals surface area contributed by atoms with Crippen molar-refractivity contribution in [1.29, 1.82) is 0 Å². The first kappa shape index (κ1) is 22.5. The van der Waals surface area contributed by atoms with Crippen molar-refractivity contribution >= 4 is 39.1 Å². The van der Waals surface area contributed by atoms with Crippen molar-refractivity contribution in [2.75, 3.05) is 43.4 Å². The molecule has 3 amide bonds. The van der Waals surface area contributed by atoms with Crippen LogP contribution in [0.2, 0.25) is 0 Å². The van der Waals surface area contributed by atoms with Crippen LogP contribution in [-0.4, -0.2) is 68.1 Å². The standard InChI is InChI=1S/C19H23N5O6S/c1-13(25)21-14-2-4-15(5-3-14)22-17(26)12-23-8-10-24(11-9-23)31(28,29)18-7-6-16(30-18)19(20)27/h2-7H,8-12H2,1H3,(H2,20,27)(H,21,25)(H,22,26). The molecule has 2 heterocycles. The molecule has 11 nitrogen and oxygen atoms in total. The second-order valence-corrected chi connectivity index (χ2v) is 8.84. The Morgan fingerprint density at radius 1 is 0.968 bits per heavy atom. The van der Waals surface area contributed by atoms with E-state index in [1.54, 1.807) is 24.3 Å². The Labute approximate surface area is 179 Å². The minimum Gasteiger partial charge on any atom is -0.438 e. The number of benzene rings is 1. The van der Waals surface area contributed by atoms with Gasteiger partial charge in [0, 0.05) is 44.5 Å². The second kappa shape index (κ2) is 9.29. The molecule has 31 heavy (non-hydrogen) atoms. The first-order chi connectivity index (χ1) is 14.6. The normalized spacial score (nSPS) is 15.4. The molecule has 1 saturated heterocycles. The number of carbonyl (C=O) groups is 3. The average molecular weight is 449 g/mol. The van der Waals surface area contributed by atoms with Gasteiger partial charge in [-0.05, 0) is 36.4 Å². The van der Waals surface area contributed by atoms with E-state index in [4.69, 9.17) is 10.2 Å². The van der Waals surface area contributed by atoms with Crippen molar-refractivity contribution in [2.45, 2.75) is 12.0 Å². The van der Waals surface area contributed by atoms with E-state index in [-0.39, 0.29) is 42.3 Å². The molecule has 0 atom stereocenters. The van der Waals surface area contributed by atoms with E-state index in [0.717, 1.165) is 0 Å². The number of primary amides is 1. The number of piperazine rings is 1. The highest BCUT2D eigenvalue weighted by atomic mass is 32.2. The fourth-order valence-electron chi connectivity index (χ4n) is 3.09. The maximum Gasteiger partial charge on any atom is 0.284 e. The van der Waals surface area contributed by atoms with Crippen LogP contribution in [0.15, 0.2) is 45.9 Å². The summed E-state index contributed by atoms with van der Waals surface area (Å²) in [4.78, 5) is 36.3. The Morgan fingerprint density at radius 3 is 2.06 bits per heavy atom. The zero-order valence-electron chi connectivity index (χ0n) is 16.8. The third-order valence-corrected chi connectivity index (χ3v) is 6.38. The topological polar surface area (TPSA) is 155 Å². The quantitative estimate of drug-likeness (QED) is 0.548. The molecule has 12 heteroatoms. The van der Waals surface area contributed by atoms with Crippen molar-refractivity contribution in [3.8, 4) is 0 Å². The van der Waals surface area contributed by atoms with Gasteiger partial charge in [0.2, 0.25) is 16.9 Å². The van der Waals surface area contributed by atoms with Gasteiger partial charge in [0.25, 0.3) is 15.9 Å². The van der Waals surface area contributed by atoms with Crippen LogP contribution in [0.1, 0.15) is 17.5 Å². The van der Waals surface area contributed by atoms with E-state index in [1.165, 1.54) is 23.4 Å². The molecule has 1 aliphatic rings. The fourth-order valence-corrected chi connectivity index (χ4v) is 4.42. The number of hydrogen-bond acceptors (Lipinski definition) is 7. The van der Waals surface area contributed by atoms with Gasteiger partial charge in [-0.2, -0.15) is 4.31 Å². The third-order valence-electron chi connectivity index (χ3n) is 4.61. The third kappa shape index (κ3) is 5.69. The molecule has 2 aromatic rings. The maximum absolute atomic E-state index is 12.6. The molecule has 1 aliphatic heterocycles. The zero-order chi connectivity index (χ0) is 22.6. The minimum absolute atomic E-state index is 0.105. The number of rotatable bonds is 7. The van der Waals surface area contributed by atoms with Gasteiger partial charge in [-0.25, -0.2) is 8.42 Å². The van der Waals surface area contributed by atoms with Crippen LogP contribution in [0.3, 0.4) is 0 Å². The van der Waals surface area contributed by atoms with Crippen LogP contribution in [0.5, 0.6) is 0 Å². The smallest absolute Gasteiger partial charge is 0.284 e. The van der Waals surface area contributed by atoms with Gasteiger partial charge < -0.3 is 20.8 Å². The summed E-state index contributed by atoms with van der Waals surface area (Å²) in [6.07, 6.45) is 0. The molecule has 0 spiro atoms. The highest BCUT2D eigenvalue weighted by molar-refractivity contribution is 7.89. The number of amides is 3. The fraction of sp³-hybridized carbons (Fsp3) is 0.316. The molecule has 166 valence electrons. The monoisotopic (exact) mass is 449 g/mol. The molecule has 0 radical (unpaired) electrons. The number of nitrogens with zero attached hydrogens (tertiary/aromatic N) is 2. The van der Waals surface area contributed by atoms with E-state index < -0.39 is 15.9 Å². The molecule has 4 N–H and O–H groups in total. The molecular formula is C19H23N5O6S. The Kier molecular flexibility index (Phi) is 6.73. The van der Waals surface area contributed by atoms with Crippen LogP contribution in [0.4, 0.5) is 11.4 Å². The van der Waals surface area contributed by atoms with Crippen LogP contribution >= 0.6 is 0 Å². The Morgan fingerprint density at radius 2 is 1.55 bits per heavy atom. The largest absolute Gasteiger partial charge is 0.438 e. The highest BCUT2D eigenvalue weighted by Crippen LogP contribution is 2.20. The summed E-state index contributed by atoms with van der Waals surface area (Å²) in [6, 6.07) is 9.14. The summed E-state index contributed by atoms with van der Waals surface area (Å²) in [7, 11) is -3.89. The van der Waals surface area contributed by atoms with E-state index >= 15 is 0 Å². The van der Waals surface area contributed by atoms with E-state index in [9.17, 15) is 22.8 Å². The number of carbonyl (C=O) groups excluding carboxylic acids is 3. The van der Waals surface area contributed by atoms with Gasteiger partial charge in [-0.1, -0.05) is 0 Å². The number of anilines is 2. The Hall–Kier alpha value is -3.22. The van der Waals surface area contributed by atoms with Gasteiger partial charge in [-0.15, -0.1) is 0 Å². The SMILES string of the molecule is CC(=O)Nc1ccc(NC(=O)CN2CCN(S(=O)(=O)c3ccc(C(N)=O)o3)CC2)cc1. The number of hydrogen-bond donors (Lipinski definition) is 3. The van der Waals surface area contributed by atoms with Gasteiger partial charge in [-0.3, -0.25) is 19.3 Å². The van der Waals surface area contributed by atoms with Crippen LogP contribution in [0.25, 0.3) is 0 Å². The summed E-state index contributed by atoms with van der Waals surface area (Å²) < 4.78 is 31.6. The van der Waals surface area contributed by atoms with Crippen molar-refractivity contribution in [3.05, 3.63) is 42.2 Å². The number of furan rings is 1. The van der Waals surface area contributed by atoms with Crippen molar-refractivity contribution < 1.29 is 27.2 Å². The summed E-state index contributed by atoms with van der Waals surface area (Å²) >= 11 is 0. The zero-order valence-corrected chi connectivity index (χ0v) is 17.6. The Bertz CT molecular complexity index is 1070. The van der Waals surface area contributed by atoms with Crippen LogP contribution in [-0.2, 0) is 19.6 Å². The summed E-state index contributed by atoms with van der Waals surface area (Å²) in [5.41, 5.74) is 6.31. The summed E-state index contributed by atoms with van der Waals surface area (Å²) in [6.45, 7) is 2.58. The number of nitrogens with two attached hydrogens (primary N) is 1. The van der Waals surface area contributed by atoms with Crippen molar-refractivity contribution in [3.63, 3.8) is 0 Å². The lowest BCUT2D eigenvalue weighted by Gasteiger charge is -2.32. The van der Waals surface area contributed by atoms with E-state index in [0.29, 0.717) is 24.5 Å². The number of sulfonamides is 1. The second-order valence-electron chi connectivity index (χ2n) is 6.97. The predicted octanol–water partition coefficient (Wildman–Crippen LogP) is 0.282.